The molecule has 0 heterocycles. The smallest absolute Gasteiger partial charge is 0.251 e. The Morgan fingerprint density at radius 1 is 1.04 bits per heavy atom. The molecule has 0 radical (unpaired) electrons. The van der Waals surface area contributed by atoms with Crippen LogP contribution in [0.3, 0.4) is 0 Å². The summed E-state index contributed by atoms with van der Waals surface area (Å²) in [6, 6.07) is 15.0. The number of halogens is 1. The number of carbonyl (C=O) groups is 1. The molecule has 0 aliphatic heterocycles. The summed E-state index contributed by atoms with van der Waals surface area (Å²) in [5.41, 5.74) is 6.79. The highest BCUT2D eigenvalue weighted by atomic mass is 35.5. The zero-order valence-corrected chi connectivity index (χ0v) is 17.3. The van der Waals surface area contributed by atoms with Crippen LogP contribution in [0.5, 0.6) is 0 Å². The summed E-state index contributed by atoms with van der Waals surface area (Å²) in [7, 11) is -3.45. The van der Waals surface area contributed by atoms with Crippen molar-refractivity contribution in [3.63, 3.8) is 0 Å². The monoisotopic (exact) mass is 410 g/mol. The van der Waals surface area contributed by atoms with Crippen LogP contribution >= 0.6 is 12.4 Å². The van der Waals surface area contributed by atoms with Gasteiger partial charge in [-0.3, -0.25) is 4.79 Å². The number of amides is 1. The van der Waals surface area contributed by atoms with Crippen LogP contribution in [0.15, 0.2) is 59.5 Å². The molecule has 27 heavy (non-hydrogen) atoms. The molecule has 0 aliphatic rings. The Morgan fingerprint density at radius 3 is 2.26 bits per heavy atom. The molecular weight excluding hydrogens is 384 g/mol. The van der Waals surface area contributed by atoms with Crippen LogP contribution in [-0.2, 0) is 15.6 Å². The van der Waals surface area contributed by atoms with Gasteiger partial charge in [-0.15, -0.1) is 12.4 Å². The fraction of sp³-hybridized carbons (Fsp3) is 0.350. The molecule has 0 saturated heterocycles. The molecule has 2 aromatic carbocycles. The van der Waals surface area contributed by atoms with Crippen LogP contribution in [-0.4, -0.2) is 26.4 Å². The second-order valence-electron chi connectivity index (χ2n) is 6.52. The molecule has 0 unspecified atom stereocenters. The van der Waals surface area contributed by atoms with Crippen molar-refractivity contribution in [1.29, 1.82) is 0 Å². The van der Waals surface area contributed by atoms with Gasteiger partial charge in [0.25, 0.3) is 5.91 Å². The van der Waals surface area contributed by atoms with E-state index >= 15 is 0 Å². The van der Waals surface area contributed by atoms with E-state index in [4.69, 9.17) is 5.73 Å². The maximum absolute atomic E-state index is 12.5. The van der Waals surface area contributed by atoms with Gasteiger partial charge in [0.2, 0.25) is 0 Å². The fourth-order valence-electron chi connectivity index (χ4n) is 2.59. The average molecular weight is 411 g/mol. The zero-order chi connectivity index (χ0) is 19.2. The Bertz CT molecular complexity index is 851. The molecule has 148 valence electrons. The highest BCUT2D eigenvalue weighted by Crippen LogP contribution is 2.17. The first-order valence-corrected chi connectivity index (χ1v) is 10.4. The van der Waals surface area contributed by atoms with Crippen molar-refractivity contribution in [3.8, 4) is 0 Å². The average Bonchev–Trinajstić information content (AvgIpc) is 2.66. The number of benzene rings is 2. The Labute approximate surface area is 167 Å². The molecule has 2 aromatic rings. The van der Waals surface area contributed by atoms with E-state index in [2.05, 4.69) is 5.32 Å². The summed E-state index contributed by atoms with van der Waals surface area (Å²) in [6.07, 6.45) is 1.53. The van der Waals surface area contributed by atoms with Gasteiger partial charge in [0.05, 0.1) is 10.6 Å². The minimum Gasteiger partial charge on any atom is -0.350 e. The SMILES string of the molecule is CCC(N)(CC)CNC(=O)c1cccc(CS(=O)(=O)c2ccccc2)c1.Cl. The van der Waals surface area contributed by atoms with E-state index in [-0.39, 0.29) is 29.0 Å². The van der Waals surface area contributed by atoms with Crippen LogP contribution in [0.1, 0.15) is 42.6 Å². The number of nitrogens with two attached hydrogens (primary N) is 1. The third-order valence-corrected chi connectivity index (χ3v) is 6.36. The van der Waals surface area contributed by atoms with Gasteiger partial charge in [0, 0.05) is 17.6 Å². The number of hydrogen-bond acceptors (Lipinski definition) is 4. The van der Waals surface area contributed by atoms with Gasteiger partial charge in [0.15, 0.2) is 9.84 Å². The number of hydrogen-bond donors (Lipinski definition) is 2. The molecule has 7 heteroatoms. The lowest BCUT2D eigenvalue weighted by atomic mass is 9.94. The largest absolute Gasteiger partial charge is 0.350 e. The van der Waals surface area contributed by atoms with E-state index in [9.17, 15) is 13.2 Å². The Balaban J connectivity index is 0.00000364. The van der Waals surface area contributed by atoms with E-state index in [1.807, 2.05) is 13.8 Å². The maximum Gasteiger partial charge on any atom is 0.251 e. The molecule has 0 bridgehead atoms. The van der Waals surface area contributed by atoms with E-state index in [0.717, 1.165) is 12.8 Å². The van der Waals surface area contributed by atoms with Crippen LogP contribution in [0.25, 0.3) is 0 Å². The molecule has 1 amide bonds. The summed E-state index contributed by atoms with van der Waals surface area (Å²) >= 11 is 0. The van der Waals surface area contributed by atoms with Crippen molar-refractivity contribution in [1.82, 2.24) is 5.32 Å². The number of carbonyl (C=O) groups excluding carboxylic acids is 1. The van der Waals surface area contributed by atoms with Crippen molar-refractivity contribution in [3.05, 3.63) is 65.7 Å². The number of nitrogens with one attached hydrogen (secondary N) is 1. The lowest BCUT2D eigenvalue weighted by Gasteiger charge is -2.26. The van der Waals surface area contributed by atoms with Gasteiger partial charge in [-0.25, -0.2) is 8.42 Å². The lowest BCUT2D eigenvalue weighted by Crippen LogP contribution is -2.49. The van der Waals surface area contributed by atoms with Gasteiger partial charge >= 0.3 is 0 Å². The molecular formula is C20H27ClN2O3S. The van der Waals surface area contributed by atoms with Crippen LogP contribution in [0.2, 0.25) is 0 Å². The predicted octanol–water partition coefficient (Wildman–Crippen LogP) is 3.33. The summed E-state index contributed by atoms with van der Waals surface area (Å²) in [5.74, 6) is -0.399. The maximum atomic E-state index is 12.5. The van der Waals surface area contributed by atoms with Gasteiger partial charge in [0.1, 0.15) is 0 Å². The van der Waals surface area contributed by atoms with Gasteiger partial charge < -0.3 is 11.1 Å². The predicted molar refractivity (Wildman–Crippen MR) is 111 cm³/mol. The van der Waals surface area contributed by atoms with E-state index in [0.29, 0.717) is 17.7 Å². The lowest BCUT2D eigenvalue weighted by molar-refractivity contribution is 0.0942. The van der Waals surface area contributed by atoms with E-state index in [1.54, 1.807) is 54.6 Å². The standard InChI is InChI=1S/C20H26N2O3S.ClH/c1-3-20(21,4-2)15-22-19(23)17-10-8-9-16(13-17)14-26(24,25)18-11-6-5-7-12-18;/h5-13H,3-4,14-15,21H2,1-2H3,(H,22,23);1H. The third-order valence-electron chi connectivity index (χ3n) is 4.66. The first-order valence-electron chi connectivity index (χ1n) is 8.73. The first kappa shape index (κ1) is 23.1. The van der Waals surface area contributed by atoms with E-state index in [1.165, 1.54) is 0 Å². The number of rotatable bonds is 8. The Kier molecular flexibility index (Phi) is 8.47. The quantitative estimate of drug-likeness (QED) is 0.698. The topological polar surface area (TPSA) is 89.3 Å². The molecule has 3 N–H and O–H groups in total. The molecule has 5 nitrogen and oxygen atoms in total. The Morgan fingerprint density at radius 2 is 1.67 bits per heavy atom. The number of sulfone groups is 1. The summed E-state index contributed by atoms with van der Waals surface area (Å²) in [6.45, 7) is 4.36. The van der Waals surface area contributed by atoms with Crippen LogP contribution < -0.4 is 11.1 Å². The van der Waals surface area contributed by atoms with Crippen molar-refractivity contribution in [2.24, 2.45) is 5.73 Å². The molecule has 0 fully saturated rings. The van der Waals surface area contributed by atoms with Crippen molar-refractivity contribution >= 4 is 28.2 Å². The van der Waals surface area contributed by atoms with Crippen molar-refractivity contribution in [2.75, 3.05) is 6.54 Å². The molecule has 2 rings (SSSR count). The Hall–Kier alpha value is -1.89. The highest BCUT2D eigenvalue weighted by Gasteiger charge is 2.21. The van der Waals surface area contributed by atoms with Gasteiger partial charge in [-0.1, -0.05) is 44.2 Å². The molecule has 0 aromatic heterocycles. The second-order valence-corrected chi connectivity index (χ2v) is 8.51. The summed E-state index contributed by atoms with van der Waals surface area (Å²) in [4.78, 5) is 12.7. The van der Waals surface area contributed by atoms with Crippen LogP contribution in [0.4, 0.5) is 0 Å². The van der Waals surface area contributed by atoms with Crippen LogP contribution in [0, 0.1) is 0 Å². The molecule has 0 saturated carbocycles. The highest BCUT2D eigenvalue weighted by molar-refractivity contribution is 7.90. The first-order chi connectivity index (χ1) is 12.3. The molecule has 0 atom stereocenters. The summed E-state index contributed by atoms with van der Waals surface area (Å²) < 4.78 is 25.0. The van der Waals surface area contributed by atoms with Gasteiger partial charge in [-0.2, -0.15) is 0 Å². The van der Waals surface area contributed by atoms with E-state index < -0.39 is 15.4 Å². The van der Waals surface area contributed by atoms with Crippen molar-refractivity contribution in [2.45, 2.75) is 42.9 Å². The second kappa shape index (κ2) is 9.88. The fourth-order valence-corrected chi connectivity index (χ4v) is 3.95. The molecule has 0 aliphatic carbocycles. The summed E-state index contributed by atoms with van der Waals surface area (Å²) in [5, 5.41) is 2.85. The molecule has 0 spiro atoms. The minimum absolute atomic E-state index is 0. The van der Waals surface area contributed by atoms with Crippen molar-refractivity contribution < 1.29 is 13.2 Å². The van der Waals surface area contributed by atoms with Gasteiger partial charge in [-0.05, 0) is 42.7 Å². The zero-order valence-electron chi connectivity index (χ0n) is 15.6. The third kappa shape index (κ3) is 6.34. The minimum atomic E-state index is -3.45. The normalized spacial score (nSPS) is 11.5.